The minimum Gasteiger partial charge on any atom is -0.507 e. The van der Waals surface area contributed by atoms with Crippen LogP contribution in [0.15, 0.2) is 30.7 Å². The number of benzene rings is 1. The zero-order valence-electron chi connectivity index (χ0n) is 11.4. The Morgan fingerprint density at radius 3 is 2.77 bits per heavy atom. The second-order valence-electron chi connectivity index (χ2n) is 4.87. The van der Waals surface area contributed by atoms with E-state index < -0.39 is 5.97 Å². The molecule has 2 aromatic rings. The standard InChI is InChI=1S/C14H13N3O5/c18-10-2-1-3-11(12(10)14(20)21)22-8-5-17(6-8)13(19)9-4-15-7-16-9/h1-4,7-8,18H,5-6H2,(H,15,16)(H,20,21). The van der Waals surface area contributed by atoms with Crippen LogP contribution >= 0.6 is 0 Å². The van der Waals surface area contributed by atoms with Gasteiger partial charge in [-0.1, -0.05) is 6.07 Å². The summed E-state index contributed by atoms with van der Waals surface area (Å²) in [6.45, 7) is 0.680. The van der Waals surface area contributed by atoms with Crippen LogP contribution in [0, 0.1) is 0 Å². The molecule has 3 N–H and O–H groups in total. The number of ether oxygens (including phenoxy) is 1. The van der Waals surface area contributed by atoms with Crippen molar-refractivity contribution in [2.24, 2.45) is 0 Å². The van der Waals surface area contributed by atoms with E-state index >= 15 is 0 Å². The highest BCUT2D eigenvalue weighted by atomic mass is 16.5. The molecule has 0 saturated carbocycles. The van der Waals surface area contributed by atoms with E-state index in [4.69, 9.17) is 9.84 Å². The van der Waals surface area contributed by atoms with E-state index in [9.17, 15) is 14.7 Å². The summed E-state index contributed by atoms with van der Waals surface area (Å²) in [6, 6.07) is 4.26. The van der Waals surface area contributed by atoms with Gasteiger partial charge in [0.05, 0.1) is 25.6 Å². The van der Waals surface area contributed by atoms with Crippen molar-refractivity contribution in [3.63, 3.8) is 0 Å². The Bertz CT molecular complexity index is 707. The zero-order valence-corrected chi connectivity index (χ0v) is 11.4. The lowest BCUT2D eigenvalue weighted by atomic mass is 10.1. The third-order valence-electron chi connectivity index (χ3n) is 3.38. The average Bonchev–Trinajstić information content (AvgIpc) is 2.95. The second-order valence-corrected chi connectivity index (χ2v) is 4.87. The summed E-state index contributed by atoms with van der Waals surface area (Å²) in [5.41, 5.74) is 0.114. The van der Waals surface area contributed by atoms with Gasteiger partial charge in [-0.25, -0.2) is 9.78 Å². The van der Waals surface area contributed by atoms with Gasteiger partial charge in [-0.2, -0.15) is 0 Å². The lowest BCUT2D eigenvalue weighted by molar-refractivity contribution is 0.0165. The van der Waals surface area contributed by atoms with E-state index in [0.717, 1.165) is 0 Å². The highest BCUT2D eigenvalue weighted by Crippen LogP contribution is 2.29. The minimum absolute atomic E-state index is 0.0890. The molecule has 0 unspecified atom stereocenters. The van der Waals surface area contributed by atoms with Crippen molar-refractivity contribution in [1.29, 1.82) is 0 Å². The maximum absolute atomic E-state index is 12.0. The molecule has 1 saturated heterocycles. The molecule has 1 amide bonds. The van der Waals surface area contributed by atoms with Gasteiger partial charge in [-0.05, 0) is 12.1 Å². The third kappa shape index (κ3) is 2.46. The van der Waals surface area contributed by atoms with Crippen molar-refractivity contribution in [2.75, 3.05) is 13.1 Å². The number of H-pyrrole nitrogens is 1. The maximum Gasteiger partial charge on any atom is 0.343 e. The van der Waals surface area contributed by atoms with Crippen molar-refractivity contribution < 1.29 is 24.5 Å². The topological polar surface area (TPSA) is 116 Å². The predicted molar refractivity (Wildman–Crippen MR) is 74.0 cm³/mol. The van der Waals surface area contributed by atoms with Gasteiger partial charge < -0.3 is 24.8 Å². The largest absolute Gasteiger partial charge is 0.507 e. The Balaban J connectivity index is 1.64. The monoisotopic (exact) mass is 303 g/mol. The number of aromatic hydroxyl groups is 1. The molecular weight excluding hydrogens is 290 g/mol. The van der Waals surface area contributed by atoms with Gasteiger partial charge in [0.2, 0.25) is 0 Å². The smallest absolute Gasteiger partial charge is 0.343 e. The number of nitrogens with one attached hydrogen (secondary N) is 1. The van der Waals surface area contributed by atoms with Gasteiger partial charge in [0.25, 0.3) is 5.91 Å². The van der Waals surface area contributed by atoms with Crippen molar-refractivity contribution in [2.45, 2.75) is 6.10 Å². The van der Waals surface area contributed by atoms with Crippen molar-refractivity contribution in [3.05, 3.63) is 42.0 Å². The van der Waals surface area contributed by atoms with E-state index in [1.165, 1.54) is 30.7 Å². The molecule has 1 aromatic carbocycles. The van der Waals surface area contributed by atoms with Crippen LogP contribution in [0.3, 0.4) is 0 Å². The summed E-state index contributed by atoms with van der Waals surface area (Å²) in [7, 11) is 0. The molecule has 3 rings (SSSR count). The summed E-state index contributed by atoms with van der Waals surface area (Å²) in [4.78, 5) is 31.2. The van der Waals surface area contributed by atoms with E-state index in [2.05, 4.69) is 9.97 Å². The van der Waals surface area contributed by atoms with Crippen LogP contribution in [0.4, 0.5) is 0 Å². The molecule has 1 aromatic heterocycles. The molecule has 2 heterocycles. The fraction of sp³-hybridized carbons (Fsp3) is 0.214. The highest BCUT2D eigenvalue weighted by Gasteiger charge is 2.34. The lowest BCUT2D eigenvalue weighted by Gasteiger charge is -2.38. The first kappa shape index (κ1) is 13.9. The summed E-state index contributed by atoms with van der Waals surface area (Å²) >= 11 is 0. The number of hydrogen-bond donors (Lipinski definition) is 3. The molecular formula is C14H13N3O5. The van der Waals surface area contributed by atoms with Gasteiger partial charge in [0, 0.05) is 0 Å². The number of imidazole rings is 1. The Kier molecular flexibility index (Phi) is 3.42. The molecule has 8 heteroatoms. The molecule has 0 aliphatic carbocycles. The maximum atomic E-state index is 12.0. The molecule has 0 spiro atoms. The van der Waals surface area contributed by atoms with Crippen LogP contribution in [0.5, 0.6) is 11.5 Å². The van der Waals surface area contributed by atoms with Crippen molar-refractivity contribution in [3.8, 4) is 11.5 Å². The molecule has 114 valence electrons. The van der Waals surface area contributed by atoms with Crippen LogP contribution in [-0.4, -0.2) is 56.2 Å². The molecule has 1 fully saturated rings. The number of amides is 1. The molecule has 0 bridgehead atoms. The lowest BCUT2D eigenvalue weighted by Crippen LogP contribution is -2.56. The van der Waals surface area contributed by atoms with Gasteiger partial charge in [-0.3, -0.25) is 4.79 Å². The Morgan fingerprint density at radius 1 is 1.36 bits per heavy atom. The molecule has 22 heavy (non-hydrogen) atoms. The van der Waals surface area contributed by atoms with E-state index in [0.29, 0.717) is 18.8 Å². The predicted octanol–water partition coefficient (Wildman–Crippen LogP) is 0.717. The van der Waals surface area contributed by atoms with Crippen LogP contribution in [0.2, 0.25) is 0 Å². The average molecular weight is 303 g/mol. The van der Waals surface area contributed by atoms with Gasteiger partial charge in [-0.15, -0.1) is 0 Å². The Labute approximate surface area is 125 Å². The number of carboxylic acid groups (broad SMARTS) is 1. The van der Waals surface area contributed by atoms with E-state index in [-0.39, 0.29) is 29.1 Å². The summed E-state index contributed by atoms with van der Waals surface area (Å²) < 4.78 is 5.56. The van der Waals surface area contributed by atoms with E-state index in [1.807, 2.05) is 0 Å². The number of hydrogen-bond acceptors (Lipinski definition) is 5. The molecule has 1 aliphatic rings. The molecule has 1 aliphatic heterocycles. The van der Waals surface area contributed by atoms with E-state index in [1.54, 1.807) is 4.90 Å². The summed E-state index contributed by atoms with van der Waals surface area (Å²) in [5.74, 6) is -1.72. The molecule has 0 radical (unpaired) electrons. The highest BCUT2D eigenvalue weighted by molar-refractivity contribution is 5.94. The molecule has 8 nitrogen and oxygen atoms in total. The van der Waals surface area contributed by atoms with Gasteiger partial charge >= 0.3 is 5.97 Å². The first-order valence-corrected chi connectivity index (χ1v) is 6.56. The van der Waals surface area contributed by atoms with Gasteiger partial charge in [0.1, 0.15) is 28.9 Å². The number of likely N-dealkylation sites (tertiary alicyclic amines) is 1. The zero-order chi connectivity index (χ0) is 15.7. The Hall–Kier alpha value is -3.03. The first-order valence-electron chi connectivity index (χ1n) is 6.56. The quantitative estimate of drug-likeness (QED) is 0.766. The number of carbonyl (C=O) groups is 2. The number of aromatic nitrogens is 2. The van der Waals surface area contributed by atoms with Gasteiger partial charge in [0.15, 0.2) is 0 Å². The Morgan fingerprint density at radius 2 is 2.14 bits per heavy atom. The van der Waals surface area contributed by atoms with Crippen LogP contribution in [0.1, 0.15) is 20.8 Å². The number of carboxylic acids is 1. The van der Waals surface area contributed by atoms with Crippen LogP contribution in [-0.2, 0) is 0 Å². The SMILES string of the molecule is O=C(O)c1c(O)cccc1OC1CN(C(=O)c2cnc[nH]2)C1. The first-order chi connectivity index (χ1) is 10.6. The third-order valence-corrected chi connectivity index (χ3v) is 3.38. The number of carbonyl (C=O) groups excluding carboxylic acids is 1. The number of nitrogens with zero attached hydrogens (tertiary/aromatic N) is 2. The van der Waals surface area contributed by atoms with Crippen LogP contribution < -0.4 is 4.74 Å². The number of aromatic carboxylic acids is 1. The second kappa shape index (κ2) is 5.40. The van der Waals surface area contributed by atoms with Crippen molar-refractivity contribution >= 4 is 11.9 Å². The summed E-state index contributed by atoms with van der Waals surface area (Å²) in [6.07, 6.45) is 2.55. The summed E-state index contributed by atoms with van der Waals surface area (Å²) in [5, 5.41) is 18.7. The number of phenols is 1. The van der Waals surface area contributed by atoms with Crippen molar-refractivity contribution in [1.82, 2.24) is 14.9 Å². The fourth-order valence-electron chi connectivity index (χ4n) is 2.23. The fourth-order valence-corrected chi connectivity index (χ4v) is 2.23. The molecule has 0 atom stereocenters. The van der Waals surface area contributed by atoms with Crippen LogP contribution in [0.25, 0.3) is 0 Å². The number of rotatable bonds is 4. The normalized spacial score (nSPS) is 14.5. The minimum atomic E-state index is -1.27. The number of aromatic amines is 1.